The zero-order valence-corrected chi connectivity index (χ0v) is 13.9. The number of hydrogen-bond acceptors (Lipinski definition) is 4. The first-order chi connectivity index (χ1) is 9.56. The van der Waals surface area contributed by atoms with Crippen molar-refractivity contribution in [1.82, 2.24) is 10.2 Å². The van der Waals surface area contributed by atoms with Gasteiger partial charge in [-0.25, -0.2) is 0 Å². The summed E-state index contributed by atoms with van der Waals surface area (Å²) in [7, 11) is 0. The minimum Gasteiger partial charge on any atom is -0.319 e. The van der Waals surface area contributed by atoms with E-state index in [1.54, 1.807) is 11.3 Å². The van der Waals surface area contributed by atoms with E-state index in [1.807, 2.05) is 11.8 Å². The van der Waals surface area contributed by atoms with E-state index < -0.39 is 0 Å². The number of nitrogens with one attached hydrogen (secondary N) is 1. The molecule has 1 aliphatic carbocycles. The van der Waals surface area contributed by atoms with Gasteiger partial charge in [-0.1, -0.05) is 19.9 Å². The van der Waals surface area contributed by atoms with Crippen LogP contribution in [0.25, 0.3) is 0 Å². The Morgan fingerprint density at radius 3 is 2.80 bits per heavy atom. The summed E-state index contributed by atoms with van der Waals surface area (Å²) < 4.78 is 0.318. The van der Waals surface area contributed by atoms with E-state index in [1.165, 1.54) is 17.7 Å². The number of hydrogen-bond donors (Lipinski definition) is 1. The molecule has 2 heterocycles. The van der Waals surface area contributed by atoms with Crippen LogP contribution < -0.4 is 5.32 Å². The lowest BCUT2D eigenvalue weighted by molar-refractivity contribution is -0.130. The van der Waals surface area contributed by atoms with Gasteiger partial charge in [0, 0.05) is 16.2 Å². The lowest BCUT2D eigenvalue weighted by Crippen LogP contribution is -2.38. The molecule has 2 fully saturated rings. The highest BCUT2D eigenvalue weighted by Crippen LogP contribution is 2.49. The van der Waals surface area contributed by atoms with Crippen LogP contribution in [0.5, 0.6) is 0 Å². The fourth-order valence-electron chi connectivity index (χ4n) is 2.84. The molecule has 20 heavy (non-hydrogen) atoms. The molecule has 0 radical (unpaired) electrons. The van der Waals surface area contributed by atoms with E-state index in [0.29, 0.717) is 10.7 Å². The van der Waals surface area contributed by atoms with Crippen LogP contribution in [0.15, 0.2) is 17.5 Å². The molecule has 1 aromatic heterocycles. The minimum atomic E-state index is -0.0419. The Labute approximate surface area is 129 Å². The molecule has 110 valence electrons. The van der Waals surface area contributed by atoms with Crippen LogP contribution in [0.1, 0.15) is 37.7 Å². The van der Waals surface area contributed by atoms with Crippen LogP contribution >= 0.6 is 23.1 Å². The first-order valence-electron chi connectivity index (χ1n) is 7.21. The summed E-state index contributed by atoms with van der Waals surface area (Å²) in [4.78, 5) is 16.1. The molecule has 1 aromatic rings. The highest BCUT2D eigenvalue weighted by molar-refractivity contribution is 8.00. The quantitative estimate of drug-likeness (QED) is 0.907. The molecule has 1 amide bonds. The first kappa shape index (κ1) is 14.4. The summed E-state index contributed by atoms with van der Waals surface area (Å²) in [5.41, 5.74) is 0. The van der Waals surface area contributed by atoms with Crippen LogP contribution in [0.4, 0.5) is 0 Å². The van der Waals surface area contributed by atoms with E-state index in [0.717, 1.165) is 6.54 Å². The van der Waals surface area contributed by atoms with Crippen LogP contribution in [0, 0.1) is 5.92 Å². The van der Waals surface area contributed by atoms with Crippen molar-refractivity contribution in [2.75, 3.05) is 12.8 Å². The van der Waals surface area contributed by atoms with Crippen LogP contribution in [0.3, 0.4) is 0 Å². The Morgan fingerprint density at radius 2 is 2.30 bits per heavy atom. The maximum atomic E-state index is 12.7. The van der Waals surface area contributed by atoms with Crippen LogP contribution in [0.2, 0.25) is 0 Å². The molecule has 0 bridgehead atoms. The Balaban J connectivity index is 1.84. The zero-order valence-electron chi connectivity index (χ0n) is 12.3. The van der Waals surface area contributed by atoms with Gasteiger partial charge >= 0.3 is 0 Å². The standard InChI is InChI=1S/C15H22N2OS2/c1-10(2)12-14(18)17(9-15(19-3)6-7-15)13(16-12)11-5-4-8-20-11/h4-5,8,10,12-13,16H,6-7,9H2,1-3H3. The average Bonchev–Trinajstić information content (AvgIpc) is 2.84. The number of carbonyl (C=O) groups is 1. The number of nitrogens with zero attached hydrogens (tertiary/aromatic N) is 1. The van der Waals surface area contributed by atoms with Gasteiger partial charge in [-0.2, -0.15) is 11.8 Å². The van der Waals surface area contributed by atoms with Crippen molar-refractivity contribution in [1.29, 1.82) is 0 Å². The van der Waals surface area contributed by atoms with Crippen molar-refractivity contribution in [2.45, 2.75) is 43.6 Å². The molecule has 0 spiro atoms. The molecule has 0 aromatic carbocycles. The lowest BCUT2D eigenvalue weighted by atomic mass is 10.1. The molecule has 3 rings (SSSR count). The summed E-state index contributed by atoms with van der Waals surface area (Å²) in [5, 5.41) is 5.63. The van der Waals surface area contributed by atoms with E-state index in [-0.39, 0.29) is 18.1 Å². The Bertz CT molecular complexity index is 482. The first-order valence-corrected chi connectivity index (χ1v) is 9.32. The van der Waals surface area contributed by atoms with Crippen molar-refractivity contribution in [3.8, 4) is 0 Å². The van der Waals surface area contributed by atoms with Crippen LogP contribution in [-0.4, -0.2) is 34.4 Å². The average molecular weight is 310 g/mol. The summed E-state index contributed by atoms with van der Waals surface area (Å²) >= 11 is 3.65. The maximum absolute atomic E-state index is 12.7. The third kappa shape index (κ3) is 2.51. The third-order valence-electron chi connectivity index (χ3n) is 4.38. The van der Waals surface area contributed by atoms with E-state index in [2.05, 4.69) is 47.8 Å². The second-order valence-electron chi connectivity index (χ2n) is 6.16. The Hall–Kier alpha value is -0.520. The highest BCUT2D eigenvalue weighted by Gasteiger charge is 2.49. The number of rotatable bonds is 5. The number of thiophene rings is 1. The van der Waals surface area contributed by atoms with Gasteiger partial charge in [0.05, 0.1) is 6.04 Å². The summed E-state index contributed by atoms with van der Waals surface area (Å²) in [6, 6.07) is 4.15. The smallest absolute Gasteiger partial charge is 0.241 e. The monoisotopic (exact) mass is 310 g/mol. The molecule has 1 saturated heterocycles. The molecule has 1 N–H and O–H groups in total. The number of thioether (sulfide) groups is 1. The normalized spacial score (nSPS) is 28.4. The van der Waals surface area contributed by atoms with Crippen molar-refractivity contribution in [3.05, 3.63) is 22.4 Å². The molecule has 2 unspecified atom stereocenters. The van der Waals surface area contributed by atoms with Crippen molar-refractivity contribution >= 4 is 29.0 Å². The molecule has 1 saturated carbocycles. The molecular weight excluding hydrogens is 288 g/mol. The number of amides is 1. The Kier molecular flexibility index (Phi) is 3.86. The molecule has 2 atom stereocenters. The SMILES string of the molecule is CSC1(CN2C(=O)C(C(C)C)NC2c2cccs2)CC1. The van der Waals surface area contributed by atoms with Gasteiger partial charge in [-0.15, -0.1) is 11.3 Å². The van der Waals surface area contributed by atoms with E-state index >= 15 is 0 Å². The minimum absolute atomic E-state index is 0.0419. The van der Waals surface area contributed by atoms with E-state index in [9.17, 15) is 4.79 Å². The Morgan fingerprint density at radius 1 is 1.55 bits per heavy atom. The van der Waals surface area contributed by atoms with Gasteiger partial charge in [0.25, 0.3) is 0 Å². The molecule has 3 nitrogen and oxygen atoms in total. The second-order valence-corrected chi connectivity index (χ2v) is 8.41. The van der Waals surface area contributed by atoms with Gasteiger partial charge in [-0.3, -0.25) is 10.1 Å². The fraction of sp³-hybridized carbons (Fsp3) is 0.667. The molecular formula is C15H22N2OS2. The van der Waals surface area contributed by atoms with Gasteiger partial charge in [0.1, 0.15) is 6.17 Å². The van der Waals surface area contributed by atoms with Gasteiger partial charge in [-0.05, 0) is 36.5 Å². The predicted molar refractivity (Wildman–Crippen MR) is 86.0 cm³/mol. The second kappa shape index (κ2) is 5.35. The topological polar surface area (TPSA) is 32.3 Å². The van der Waals surface area contributed by atoms with Crippen LogP contribution in [-0.2, 0) is 4.79 Å². The van der Waals surface area contributed by atoms with Crippen molar-refractivity contribution in [2.24, 2.45) is 5.92 Å². The summed E-state index contributed by atoms with van der Waals surface area (Å²) in [5.74, 6) is 0.609. The lowest BCUT2D eigenvalue weighted by Gasteiger charge is -2.27. The van der Waals surface area contributed by atoms with Gasteiger partial charge < -0.3 is 4.90 Å². The van der Waals surface area contributed by atoms with Crippen molar-refractivity contribution in [3.63, 3.8) is 0 Å². The summed E-state index contributed by atoms with van der Waals surface area (Å²) in [6.07, 6.45) is 4.71. The summed E-state index contributed by atoms with van der Waals surface area (Å²) in [6.45, 7) is 5.11. The van der Waals surface area contributed by atoms with Gasteiger partial charge in [0.15, 0.2) is 0 Å². The zero-order chi connectivity index (χ0) is 14.3. The predicted octanol–water partition coefficient (Wildman–Crippen LogP) is 3.10. The molecule has 2 aliphatic rings. The third-order valence-corrected chi connectivity index (χ3v) is 6.70. The highest BCUT2D eigenvalue weighted by atomic mass is 32.2. The number of carbonyl (C=O) groups excluding carboxylic acids is 1. The fourth-order valence-corrected chi connectivity index (χ4v) is 4.42. The maximum Gasteiger partial charge on any atom is 0.241 e. The largest absolute Gasteiger partial charge is 0.319 e. The van der Waals surface area contributed by atoms with Gasteiger partial charge in [0.2, 0.25) is 5.91 Å². The van der Waals surface area contributed by atoms with E-state index in [4.69, 9.17) is 0 Å². The molecule has 5 heteroatoms. The molecule has 1 aliphatic heterocycles. The van der Waals surface area contributed by atoms with Crippen molar-refractivity contribution < 1.29 is 4.79 Å².